The van der Waals surface area contributed by atoms with Gasteiger partial charge in [-0.25, -0.2) is 17.5 Å². The normalized spacial score (nSPS) is 13.5. The second-order valence-corrected chi connectivity index (χ2v) is 6.32. The van der Waals surface area contributed by atoms with Crippen molar-refractivity contribution in [3.8, 4) is 0 Å². The van der Waals surface area contributed by atoms with Gasteiger partial charge in [-0.1, -0.05) is 6.92 Å². The van der Waals surface area contributed by atoms with Crippen molar-refractivity contribution >= 4 is 10.0 Å². The Hall–Kier alpha value is -0.980. The fourth-order valence-corrected chi connectivity index (χ4v) is 3.45. The van der Waals surface area contributed by atoms with Crippen molar-refractivity contribution in [2.45, 2.75) is 44.6 Å². The molecule has 1 aromatic carbocycles. The van der Waals surface area contributed by atoms with Crippen LogP contribution in [0.1, 0.15) is 30.9 Å². The van der Waals surface area contributed by atoms with Gasteiger partial charge in [-0.2, -0.15) is 0 Å². The smallest absolute Gasteiger partial charge is 0.241 e. The van der Waals surface area contributed by atoms with Crippen LogP contribution in [0, 0.1) is 19.7 Å². The molecule has 1 aromatic rings. The van der Waals surface area contributed by atoms with Crippen LogP contribution in [0.4, 0.5) is 4.39 Å². The molecule has 0 heterocycles. The van der Waals surface area contributed by atoms with Crippen LogP contribution in [-0.4, -0.2) is 26.2 Å². The number of rotatable bonds is 6. The van der Waals surface area contributed by atoms with Crippen molar-refractivity contribution in [1.29, 1.82) is 0 Å². The molecule has 0 bridgehead atoms. The van der Waals surface area contributed by atoms with Gasteiger partial charge in [0.15, 0.2) is 0 Å². The highest BCUT2D eigenvalue weighted by molar-refractivity contribution is 7.89. The summed E-state index contributed by atoms with van der Waals surface area (Å²) in [6.45, 7) is 5.11. The molecule has 1 rings (SSSR count). The average molecular weight is 289 g/mol. The zero-order valence-electron chi connectivity index (χ0n) is 11.4. The maximum Gasteiger partial charge on any atom is 0.241 e. The molecule has 6 heteroatoms. The molecule has 2 N–H and O–H groups in total. The first-order valence-corrected chi connectivity index (χ1v) is 7.70. The number of hydrogen-bond donors (Lipinski definition) is 2. The molecule has 108 valence electrons. The molecule has 0 aliphatic rings. The summed E-state index contributed by atoms with van der Waals surface area (Å²) in [5, 5.41) is 9.39. The molecule has 19 heavy (non-hydrogen) atoms. The minimum Gasteiger partial charge on any atom is -0.393 e. The molecule has 0 radical (unpaired) electrons. The molecule has 1 atom stereocenters. The van der Waals surface area contributed by atoms with E-state index in [2.05, 4.69) is 4.72 Å². The monoisotopic (exact) mass is 289 g/mol. The Kier molecular flexibility index (Phi) is 5.46. The Morgan fingerprint density at radius 2 is 1.84 bits per heavy atom. The summed E-state index contributed by atoms with van der Waals surface area (Å²) in [4.78, 5) is 0.111. The van der Waals surface area contributed by atoms with Gasteiger partial charge < -0.3 is 5.11 Å². The number of hydrogen-bond acceptors (Lipinski definition) is 3. The highest BCUT2D eigenvalue weighted by Gasteiger charge is 2.20. The average Bonchev–Trinajstić information content (AvgIpc) is 2.26. The quantitative estimate of drug-likeness (QED) is 0.840. The fraction of sp³-hybridized carbons (Fsp3) is 0.538. The maximum absolute atomic E-state index is 13.2. The second kappa shape index (κ2) is 6.45. The number of aryl methyl sites for hydroxylation is 2. The van der Waals surface area contributed by atoms with Crippen LogP contribution in [-0.2, 0) is 10.0 Å². The summed E-state index contributed by atoms with van der Waals surface area (Å²) in [5.74, 6) is -0.449. The third kappa shape index (κ3) is 4.26. The Balaban J connectivity index is 2.89. The Bertz CT molecular complexity index is 520. The predicted molar refractivity (Wildman–Crippen MR) is 72.0 cm³/mol. The van der Waals surface area contributed by atoms with Crippen molar-refractivity contribution in [2.24, 2.45) is 0 Å². The summed E-state index contributed by atoms with van der Waals surface area (Å²) < 4.78 is 39.9. The van der Waals surface area contributed by atoms with Crippen molar-refractivity contribution in [2.75, 3.05) is 6.54 Å². The third-order valence-corrected chi connectivity index (χ3v) is 4.70. The summed E-state index contributed by atoms with van der Waals surface area (Å²) in [7, 11) is -3.67. The van der Waals surface area contributed by atoms with Gasteiger partial charge in [0.25, 0.3) is 0 Å². The molecule has 0 spiro atoms. The molecule has 0 aromatic heterocycles. The number of halogens is 1. The number of nitrogens with one attached hydrogen (secondary N) is 1. The van der Waals surface area contributed by atoms with Crippen molar-refractivity contribution in [3.05, 3.63) is 29.1 Å². The van der Waals surface area contributed by atoms with Crippen LogP contribution >= 0.6 is 0 Å². The predicted octanol–water partition coefficient (Wildman–Crippen LogP) is 1.88. The molecule has 0 saturated carbocycles. The Morgan fingerprint density at radius 1 is 1.32 bits per heavy atom. The Morgan fingerprint density at radius 3 is 2.32 bits per heavy atom. The lowest BCUT2D eigenvalue weighted by Gasteiger charge is -2.13. The summed E-state index contributed by atoms with van der Waals surface area (Å²) >= 11 is 0. The third-order valence-electron chi connectivity index (χ3n) is 2.93. The van der Waals surface area contributed by atoms with E-state index >= 15 is 0 Å². The van der Waals surface area contributed by atoms with Gasteiger partial charge in [0.1, 0.15) is 5.82 Å². The SMILES string of the molecule is CCC(O)CCNS(=O)(=O)c1c(C)cc(F)cc1C. The highest BCUT2D eigenvalue weighted by Crippen LogP contribution is 2.21. The van der Waals surface area contributed by atoms with Crippen LogP contribution in [0.3, 0.4) is 0 Å². The second-order valence-electron chi connectivity index (χ2n) is 4.62. The zero-order chi connectivity index (χ0) is 14.6. The standard InChI is InChI=1S/C13H20FNO3S/c1-4-12(16)5-6-15-19(17,18)13-9(2)7-11(14)8-10(13)3/h7-8,12,15-16H,4-6H2,1-3H3. The van der Waals surface area contributed by atoms with E-state index in [1.807, 2.05) is 6.92 Å². The van der Waals surface area contributed by atoms with Gasteiger partial charge in [-0.05, 0) is 49.9 Å². The molecular weight excluding hydrogens is 269 g/mol. The van der Waals surface area contributed by atoms with E-state index in [0.29, 0.717) is 24.0 Å². The largest absolute Gasteiger partial charge is 0.393 e. The Labute approximate surface area is 113 Å². The lowest BCUT2D eigenvalue weighted by atomic mass is 10.1. The van der Waals surface area contributed by atoms with Gasteiger partial charge in [0, 0.05) is 6.54 Å². The lowest BCUT2D eigenvalue weighted by molar-refractivity contribution is 0.162. The minimum atomic E-state index is -3.67. The number of aliphatic hydroxyl groups is 1. The minimum absolute atomic E-state index is 0.111. The highest BCUT2D eigenvalue weighted by atomic mass is 32.2. The fourth-order valence-electron chi connectivity index (χ4n) is 1.96. The van der Waals surface area contributed by atoms with Crippen LogP contribution in [0.2, 0.25) is 0 Å². The van der Waals surface area contributed by atoms with Crippen molar-refractivity contribution in [1.82, 2.24) is 4.72 Å². The summed E-state index contributed by atoms with van der Waals surface area (Å²) in [5.41, 5.74) is 0.752. The first-order valence-electron chi connectivity index (χ1n) is 6.22. The van der Waals surface area contributed by atoms with Gasteiger partial charge >= 0.3 is 0 Å². The van der Waals surface area contributed by atoms with Crippen molar-refractivity contribution < 1.29 is 17.9 Å². The molecular formula is C13H20FNO3S. The summed E-state index contributed by atoms with van der Waals surface area (Å²) in [6.07, 6.45) is 0.420. The van der Waals surface area contributed by atoms with Gasteiger partial charge in [-0.15, -0.1) is 0 Å². The van der Waals surface area contributed by atoms with E-state index in [1.165, 1.54) is 12.1 Å². The van der Waals surface area contributed by atoms with Crippen LogP contribution in [0.25, 0.3) is 0 Å². The number of aliphatic hydroxyl groups excluding tert-OH is 1. The molecule has 1 unspecified atom stereocenters. The van der Waals surface area contributed by atoms with E-state index in [0.717, 1.165) is 0 Å². The van der Waals surface area contributed by atoms with E-state index in [9.17, 15) is 17.9 Å². The van der Waals surface area contributed by atoms with Crippen LogP contribution in [0.5, 0.6) is 0 Å². The van der Waals surface area contributed by atoms with Crippen LogP contribution < -0.4 is 4.72 Å². The molecule has 0 aliphatic carbocycles. The van der Waals surface area contributed by atoms with E-state index < -0.39 is 21.9 Å². The molecule has 0 saturated heterocycles. The first-order chi connectivity index (χ1) is 8.77. The van der Waals surface area contributed by atoms with Crippen molar-refractivity contribution in [3.63, 3.8) is 0 Å². The maximum atomic E-state index is 13.2. The van der Waals surface area contributed by atoms with E-state index in [1.54, 1.807) is 13.8 Å². The van der Waals surface area contributed by atoms with E-state index in [-0.39, 0.29) is 11.4 Å². The molecule has 4 nitrogen and oxygen atoms in total. The number of sulfonamides is 1. The van der Waals surface area contributed by atoms with E-state index in [4.69, 9.17) is 0 Å². The summed E-state index contributed by atoms with van der Waals surface area (Å²) in [6, 6.07) is 2.39. The molecule has 0 amide bonds. The zero-order valence-corrected chi connectivity index (χ0v) is 12.2. The topological polar surface area (TPSA) is 66.4 Å². The van der Waals surface area contributed by atoms with Gasteiger partial charge in [0.2, 0.25) is 10.0 Å². The molecule has 0 fully saturated rings. The first kappa shape index (κ1) is 16.1. The van der Waals surface area contributed by atoms with Gasteiger partial charge in [0.05, 0.1) is 11.0 Å². The lowest BCUT2D eigenvalue weighted by Crippen LogP contribution is -2.28. The number of benzene rings is 1. The molecule has 0 aliphatic heterocycles. The van der Waals surface area contributed by atoms with Gasteiger partial charge in [-0.3, -0.25) is 0 Å². The van der Waals surface area contributed by atoms with Crippen LogP contribution in [0.15, 0.2) is 17.0 Å².